The first-order valence-corrected chi connectivity index (χ1v) is 6.21. The molecule has 0 aromatic heterocycles. The average molecular weight is 196 g/mol. The fourth-order valence-corrected chi connectivity index (χ4v) is 2.67. The number of hydrogen-bond donors (Lipinski definition) is 0. The summed E-state index contributed by atoms with van der Waals surface area (Å²) < 4.78 is 6.10. The molecule has 2 fully saturated rings. The predicted molar refractivity (Wildman–Crippen MR) is 57.1 cm³/mol. The van der Waals surface area contributed by atoms with E-state index in [4.69, 9.17) is 10.5 Å². The third kappa shape index (κ3) is 2.96. The van der Waals surface area contributed by atoms with Crippen LogP contribution in [-0.4, -0.2) is 18.2 Å². The zero-order valence-corrected chi connectivity index (χ0v) is 9.00. The quantitative estimate of drug-likeness (QED) is 0.668. The highest BCUT2D eigenvalue weighted by Crippen LogP contribution is 2.27. The number of ether oxygens (including phenoxy) is 1. The van der Waals surface area contributed by atoms with Gasteiger partial charge in [-0.05, 0) is 38.5 Å². The molecule has 2 aliphatic rings. The van der Waals surface area contributed by atoms with Crippen molar-refractivity contribution < 1.29 is 4.74 Å². The highest BCUT2D eigenvalue weighted by atomic mass is 16.5. The van der Waals surface area contributed by atoms with Gasteiger partial charge in [0.15, 0.2) is 0 Å². The Morgan fingerprint density at radius 2 is 1.29 bits per heavy atom. The molecule has 2 aliphatic carbocycles. The van der Waals surface area contributed by atoms with Gasteiger partial charge in [-0.3, -0.25) is 5.73 Å². The Labute approximate surface area is 87.2 Å². The second kappa shape index (κ2) is 5.13. The van der Waals surface area contributed by atoms with Crippen molar-refractivity contribution in [1.82, 2.24) is 5.73 Å². The molecule has 0 amide bonds. The van der Waals surface area contributed by atoms with Crippen molar-refractivity contribution in [2.24, 2.45) is 0 Å². The van der Waals surface area contributed by atoms with Crippen molar-refractivity contribution in [2.75, 3.05) is 0 Å². The van der Waals surface area contributed by atoms with Crippen LogP contribution < -0.4 is 5.73 Å². The summed E-state index contributed by atoms with van der Waals surface area (Å²) >= 11 is 0. The minimum Gasteiger partial charge on any atom is -0.375 e. The fourth-order valence-electron chi connectivity index (χ4n) is 2.67. The molecule has 0 bridgehead atoms. The second-order valence-electron chi connectivity index (χ2n) is 4.87. The molecule has 0 spiro atoms. The van der Waals surface area contributed by atoms with E-state index in [-0.39, 0.29) is 6.04 Å². The first-order chi connectivity index (χ1) is 6.84. The summed E-state index contributed by atoms with van der Waals surface area (Å²) in [6.07, 6.45) is 12.1. The van der Waals surface area contributed by atoms with Crippen LogP contribution in [0.2, 0.25) is 0 Å². The van der Waals surface area contributed by atoms with Gasteiger partial charge in [-0.2, -0.15) is 0 Å². The van der Waals surface area contributed by atoms with Crippen LogP contribution in [0.3, 0.4) is 0 Å². The highest BCUT2D eigenvalue weighted by Gasteiger charge is 2.23. The summed E-state index contributed by atoms with van der Waals surface area (Å²) in [6.45, 7) is 0. The molecule has 0 aromatic carbocycles. The van der Waals surface area contributed by atoms with Gasteiger partial charge in [0.25, 0.3) is 0 Å². The van der Waals surface area contributed by atoms with Crippen molar-refractivity contribution in [1.29, 1.82) is 0 Å². The van der Waals surface area contributed by atoms with Crippen molar-refractivity contribution in [2.45, 2.75) is 76.0 Å². The molecule has 0 heterocycles. The van der Waals surface area contributed by atoms with E-state index in [1.165, 1.54) is 32.1 Å². The van der Waals surface area contributed by atoms with Crippen LogP contribution in [-0.2, 0) is 4.74 Å². The molecule has 2 rings (SSSR count). The lowest BCUT2D eigenvalue weighted by atomic mass is 9.92. The first-order valence-electron chi connectivity index (χ1n) is 6.21. The molecular weight excluding hydrogens is 174 g/mol. The Morgan fingerprint density at radius 1 is 0.714 bits per heavy atom. The minimum absolute atomic E-state index is 0.196. The van der Waals surface area contributed by atoms with Gasteiger partial charge >= 0.3 is 0 Å². The summed E-state index contributed by atoms with van der Waals surface area (Å²) in [6, 6.07) is 0.196. The van der Waals surface area contributed by atoms with Crippen LogP contribution in [0.1, 0.15) is 57.8 Å². The molecule has 1 radical (unpaired) electrons. The van der Waals surface area contributed by atoms with E-state index in [0.29, 0.717) is 12.2 Å². The van der Waals surface area contributed by atoms with E-state index in [1.807, 2.05) is 0 Å². The van der Waals surface area contributed by atoms with E-state index in [0.717, 1.165) is 25.7 Å². The summed E-state index contributed by atoms with van der Waals surface area (Å²) in [7, 11) is 0. The maximum Gasteiger partial charge on any atom is 0.0580 e. The van der Waals surface area contributed by atoms with Crippen LogP contribution in [0.15, 0.2) is 0 Å². The molecular formula is C12H22NO. The van der Waals surface area contributed by atoms with Crippen LogP contribution >= 0.6 is 0 Å². The molecule has 2 saturated carbocycles. The summed E-state index contributed by atoms with van der Waals surface area (Å²) in [5.74, 6) is 0. The van der Waals surface area contributed by atoms with Gasteiger partial charge in [-0.15, -0.1) is 0 Å². The molecule has 1 N–H and O–H groups in total. The number of nitrogens with one attached hydrogen (secondary N) is 1. The van der Waals surface area contributed by atoms with E-state index < -0.39 is 0 Å². The zero-order chi connectivity index (χ0) is 9.80. The Morgan fingerprint density at radius 3 is 1.93 bits per heavy atom. The monoisotopic (exact) mass is 196 g/mol. The van der Waals surface area contributed by atoms with Gasteiger partial charge in [-0.25, -0.2) is 0 Å². The Kier molecular flexibility index (Phi) is 3.82. The Balaban J connectivity index is 1.68. The van der Waals surface area contributed by atoms with Crippen molar-refractivity contribution in [3.8, 4) is 0 Å². The standard InChI is InChI=1S/C12H22NO/c13-10-6-8-12(9-7-10)14-11-4-2-1-3-5-11/h10-13H,1-9H2/t10-,12+. The molecule has 0 aliphatic heterocycles. The van der Waals surface area contributed by atoms with Crippen LogP contribution in [0.5, 0.6) is 0 Å². The van der Waals surface area contributed by atoms with Gasteiger partial charge < -0.3 is 4.74 Å². The maximum atomic E-state index is 7.63. The smallest absolute Gasteiger partial charge is 0.0580 e. The third-order valence-electron chi connectivity index (χ3n) is 3.61. The van der Waals surface area contributed by atoms with E-state index in [9.17, 15) is 0 Å². The molecule has 14 heavy (non-hydrogen) atoms. The van der Waals surface area contributed by atoms with Crippen molar-refractivity contribution in [3.05, 3.63) is 0 Å². The molecule has 2 nitrogen and oxygen atoms in total. The van der Waals surface area contributed by atoms with Gasteiger partial charge in [0.05, 0.1) is 12.2 Å². The van der Waals surface area contributed by atoms with Gasteiger partial charge in [0.2, 0.25) is 0 Å². The topological polar surface area (TPSA) is 33.0 Å². The molecule has 2 heteroatoms. The van der Waals surface area contributed by atoms with E-state index >= 15 is 0 Å². The first kappa shape index (κ1) is 10.4. The number of hydrogen-bond acceptors (Lipinski definition) is 1. The lowest BCUT2D eigenvalue weighted by Gasteiger charge is -2.31. The summed E-state index contributed by atoms with van der Waals surface area (Å²) in [4.78, 5) is 0. The van der Waals surface area contributed by atoms with Gasteiger partial charge in [-0.1, -0.05) is 19.3 Å². The molecule has 81 valence electrons. The Hall–Kier alpha value is -0.0800. The maximum absolute atomic E-state index is 7.63. The van der Waals surface area contributed by atoms with Gasteiger partial charge in [0.1, 0.15) is 0 Å². The Bertz CT molecular complexity index is 158. The van der Waals surface area contributed by atoms with Crippen LogP contribution in [0.4, 0.5) is 0 Å². The third-order valence-corrected chi connectivity index (χ3v) is 3.61. The van der Waals surface area contributed by atoms with Crippen molar-refractivity contribution >= 4 is 0 Å². The molecule has 0 saturated heterocycles. The van der Waals surface area contributed by atoms with Crippen LogP contribution in [0, 0.1) is 0 Å². The largest absolute Gasteiger partial charge is 0.375 e. The molecule has 0 aromatic rings. The fraction of sp³-hybridized carbons (Fsp3) is 1.00. The van der Waals surface area contributed by atoms with Crippen LogP contribution in [0.25, 0.3) is 0 Å². The predicted octanol–water partition coefficient (Wildman–Crippen LogP) is 2.93. The lowest BCUT2D eigenvalue weighted by Crippen LogP contribution is -2.30. The summed E-state index contributed by atoms with van der Waals surface area (Å²) in [5.41, 5.74) is 7.63. The number of rotatable bonds is 2. The normalized spacial score (nSPS) is 35.8. The highest BCUT2D eigenvalue weighted by molar-refractivity contribution is 4.76. The van der Waals surface area contributed by atoms with E-state index in [2.05, 4.69) is 0 Å². The van der Waals surface area contributed by atoms with Gasteiger partial charge in [0, 0.05) is 6.04 Å². The molecule has 0 unspecified atom stereocenters. The van der Waals surface area contributed by atoms with Crippen molar-refractivity contribution in [3.63, 3.8) is 0 Å². The SMILES string of the molecule is [NH][C@H]1CC[C@@H](OC2CCCCC2)CC1. The second-order valence-corrected chi connectivity index (χ2v) is 4.87. The average Bonchev–Trinajstić information content (AvgIpc) is 2.23. The lowest BCUT2D eigenvalue weighted by molar-refractivity contribution is -0.0470. The van der Waals surface area contributed by atoms with E-state index in [1.54, 1.807) is 0 Å². The molecule has 0 atom stereocenters. The summed E-state index contributed by atoms with van der Waals surface area (Å²) in [5, 5.41) is 0. The minimum atomic E-state index is 0.196. The zero-order valence-electron chi connectivity index (χ0n) is 9.00.